The van der Waals surface area contributed by atoms with Crippen LogP contribution in [0.4, 0.5) is 5.69 Å². The van der Waals surface area contributed by atoms with Crippen molar-refractivity contribution >= 4 is 23.0 Å². The molecule has 5 nitrogen and oxygen atoms in total. The molecule has 2 aromatic carbocycles. The molecule has 1 aromatic heterocycles. The number of hydrogen-bond acceptors (Lipinski definition) is 2. The van der Waals surface area contributed by atoms with Crippen LogP contribution in [-0.4, -0.2) is 11.7 Å². The minimum Gasteiger partial charge on any atom is -0.384 e. The van der Waals surface area contributed by atoms with Crippen molar-refractivity contribution in [1.82, 2.24) is 0 Å². The summed E-state index contributed by atoms with van der Waals surface area (Å²) in [6.45, 7) is 0. The maximum Gasteiger partial charge on any atom is 0.251 e. The second-order valence-corrected chi connectivity index (χ2v) is 7.59. The number of hydrogen-bond donors (Lipinski definition) is 3. The van der Waals surface area contributed by atoms with Crippen molar-refractivity contribution in [3.8, 4) is 11.1 Å². The minimum atomic E-state index is -0.0606. The summed E-state index contributed by atoms with van der Waals surface area (Å²) in [6.07, 6.45) is 6.62. The van der Waals surface area contributed by atoms with E-state index >= 15 is 0 Å². The summed E-state index contributed by atoms with van der Waals surface area (Å²) in [5.41, 5.74) is 12.1. The van der Waals surface area contributed by atoms with E-state index in [0.717, 1.165) is 52.8 Å². The van der Waals surface area contributed by atoms with E-state index in [4.69, 9.17) is 11.1 Å². The van der Waals surface area contributed by atoms with Crippen LogP contribution in [0.2, 0.25) is 0 Å². The van der Waals surface area contributed by atoms with Gasteiger partial charge in [-0.2, -0.15) is 0 Å². The molecule has 0 unspecified atom stereocenters. The van der Waals surface area contributed by atoms with Crippen LogP contribution in [0.15, 0.2) is 78.6 Å². The molecule has 0 spiro atoms. The number of nitrogen functional groups attached to an aromatic ring is 1. The normalized spacial score (nSPS) is 13.4. The van der Waals surface area contributed by atoms with Crippen LogP contribution in [0, 0.1) is 5.41 Å². The molecule has 0 fully saturated rings. The maximum absolute atomic E-state index is 13.0. The Labute approximate surface area is 176 Å². The van der Waals surface area contributed by atoms with E-state index in [1.54, 1.807) is 0 Å². The van der Waals surface area contributed by atoms with Gasteiger partial charge in [-0.05, 0) is 60.2 Å². The highest BCUT2D eigenvalue weighted by molar-refractivity contribution is 6.10. The molecule has 4 N–H and O–H groups in total. The van der Waals surface area contributed by atoms with E-state index in [2.05, 4.69) is 17.6 Å². The lowest BCUT2D eigenvalue weighted by Crippen LogP contribution is -2.26. The van der Waals surface area contributed by atoms with Crippen molar-refractivity contribution in [3.05, 3.63) is 89.8 Å². The minimum absolute atomic E-state index is 0.0357. The third kappa shape index (κ3) is 4.15. The molecule has 5 heteroatoms. The highest BCUT2D eigenvalue weighted by Crippen LogP contribution is 2.35. The zero-order chi connectivity index (χ0) is 21.1. The molecule has 0 saturated carbocycles. The second-order valence-electron chi connectivity index (χ2n) is 7.59. The Kier molecular flexibility index (Phi) is 5.44. The molecule has 0 bridgehead atoms. The molecule has 0 aliphatic heterocycles. The average molecular weight is 398 g/mol. The van der Waals surface area contributed by atoms with Crippen LogP contribution in [0.1, 0.15) is 30.4 Å². The quantitative estimate of drug-likeness (QED) is 0.345. The van der Waals surface area contributed by atoms with Crippen LogP contribution >= 0.6 is 0 Å². The Morgan fingerprint density at radius 1 is 1.00 bits per heavy atom. The van der Waals surface area contributed by atoms with Gasteiger partial charge in [0.25, 0.3) is 5.91 Å². The summed E-state index contributed by atoms with van der Waals surface area (Å²) in [5, 5.41) is 10.7. The predicted octanol–water partition coefficient (Wildman–Crippen LogP) is 4.04. The number of benzene rings is 2. The number of anilines is 1. The zero-order valence-corrected chi connectivity index (χ0v) is 17.0. The number of carbonyl (C=O) groups excluding carboxylic acids is 1. The highest BCUT2D eigenvalue weighted by Gasteiger charge is 2.22. The van der Waals surface area contributed by atoms with Gasteiger partial charge in [-0.15, -0.1) is 0 Å². The highest BCUT2D eigenvalue weighted by atomic mass is 16.1. The fourth-order valence-electron chi connectivity index (χ4n) is 3.90. The van der Waals surface area contributed by atoms with E-state index in [1.807, 2.05) is 72.4 Å². The van der Waals surface area contributed by atoms with Gasteiger partial charge in [0, 0.05) is 28.5 Å². The molecular formula is C25H25N4O+. The van der Waals surface area contributed by atoms with Gasteiger partial charge in [-0.3, -0.25) is 10.2 Å². The molecule has 0 saturated heterocycles. The van der Waals surface area contributed by atoms with E-state index in [9.17, 15) is 4.79 Å². The summed E-state index contributed by atoms with van der Waals surface area (Å²) < 4.78 is 2.01. The molecule has 150 valence electrons. The lowest BCUT2D eigenvalue weighted by molar-refractivity contribution is -0.671. The summed E-state index contributed by atoms with van der Waals surface area (Å²) in [6, 6.07) is 19.6. The number of rotatable bonds is 5. The van der Waals surface area contributed by atoms with Gasteiger partial charge >= 0.3 is 0 Å². The molecule has 30 heavy (non-hydrogen) atoms. The van der Waals surface area contributed by atoms with Gasteiger partial charge in [-0.25, -0.2) is 4.57 Å². The molecular weight excluding hydrogens is 372 g/mol. The van der Waals surface area contributed by atoms with Crippen molar-refractivity contribution in [2.75, 3.05) is 5.32 Å². The molecule has 0 atom stereocenters. The number of allylic oxidation sites excluding steroid dienone is 1. The number of nitrogens with two attached hydrogens (primary N) is 1. The number of pyridine rings is 1. The van der Waals surface area contributed by atoms with Crippen LogP contribution in [0.25, 0.3) is 16.7 Å². The number of carbonyl (C=O) groups is 1. The van der Waals surface area contributed by atoms with Crippen LogP contribution in [-0.2, 0) is 11.8 Å². The van der Waals surface area contributed by atoms with Crippen LogP contribution in [0.5, 0.6) is 0 Å². The topological polar surface area (TPSA) is 82.9 Å². The Hall–Kier alpha value is -3.73. The number of aromatic nitrogens is 1. The molecule has 4 rings (SSSR count). The molecule has 1 aliphatic rings. The first kappa shape index (κ1) is 19.6. The third-order valence-corrected chi connectivity index (χ3v) is 5.43. The lowest BCUT2D eigenvalue weighted by Gasteiger charge is -2.11. The Morgan fingerprint density at radius 3 is 2.50 bits per heavy atom. The third-order valence-electron chi connectivity index (χ3n) is 5.43. The smallest absolute Gasteiger partial charge is 0.251 e. The zero-order valence-electron chi connectivity index (χ0n) is 17.0. The van der Waals surface area contributed by atoms with Crippen LogP contribution in [0.3, 0.4) is 0 Å². The van der Waals surface area contributed by atoms with Gasteiger partial charge < -0.3 is 11.1 Å². The first-order valence-electron chi connectivity index (χ1n) is 10.1. The van der Waals surface area contributed by atoms with E-state index in [0.29, 0.717) is 5.56 Å². The Morgan fingerprint density at radius 2 is 1.77 bits per heavy atom. The van der Waals surface area contributed by atoms with Crippen molar-refractivity contribution in [2.45, 2.75) is 19.3 Å². The van der Waals surface area contributed by atoms with Crippen molar-refractivity contribution in [1.29, 1.82) is 5.41 Å². The molecule has 1 amide bonds. The summed E-state index contributed by atoms with van der Waals surface area (Å²) in [5.74, 6) is -0.0249. The summed E-state index contributed by atoms with van der Waals surface area (Å²) in [4.78, 5) is 13.0. The van der Waals surface area contributed by atoms with E-state index in [1.165, 1.54) is 0 Å². The SMILES string of the molecule is C[n+]1cccc(-c2ccc(NC(=O)C3=C(c4cccc(C(=N)N)c4)CCC3)cc2)c1. The maximum atomic E-state index is 13.0. The molecule has 0 radical (unpaired) electrons. The van der Waals surface area contributed by atoms with Gasteiger partial charge in [0.1, 0.15) is 12.9 Å². The summed E-state index contributed by atoms with van der Waals surface area (Å²) >= 11 is 0. The number of nitrogens with one attached hydrogen (secondary N) is 2. The summed E-state index contributed by atoms with van der Waals surface area (Å²) in [7, 11) is 2.00. The second kappa shape index (κ2) is 8.33. The Bertz CT molecular complexity index is 1150. The lowest BCUT2D eigenvalue weighted by atomic mass is 9.99. The fourth-order valence-corrected chi connectivity index (χ4v) is 3.90. The first-order chi connectivity index (χ1) is 14.5. The van der Waals surface area contributed by atoms with Crippen molar-refractivity contribution in [3.63, 3.8) is 0 Å². The van der Waals surface area contributed by atoms with Crippen molar-refractivity contribution < 1.29 is 9.36 Å². The molecule has 3 aromatic rings. The fraction of sp³-hybridized carbons (Fsp3) is 0.160. The van der Waals surface area contributed by atoms with Gasteiger partial charge in [0.15, 0.2) is 12.4 Å². The van der Waals surface area contributed by atoms with Gasteiger partial charge in [0.2, 0.25) is 0 Å². The number of aryl methyl sites for hydroxylation is 1. The number of amidine groups is 1. The van der Waals surface area contributed by atoms with E-state index < -0.39 is 0 Å². The van der Waals surface area contributed by atoms with Crippen molar-refractivity contribution in [2.24, 2.45) is 12.8 Å². The number of nitrogens with zero attached hydrogens (tertiary/aromatic N) is 1. The molecule has 1 heterocycles. The first-order valence-corrected chi connectivity index (χ1v) is 10.1. The van der Waals surface area contributed by atoms with Crippen LogP contribution < -0.4 is 15.6 Å². The van der Waals surface area contributed by atoms with E-state index in [-0.39, 0.29) is 11.7 Å². The molecule has 1 aliphatic carbocycles. The standard InChI is InChI=1S/C25H24N4O/c1-29-14-4-7-20(16-29)17-10-12-21(13-11-17)28-25(30)23-9-3-8-22(23)18-5-2-6-19(15-18)24(26)27/h2,4-7,10-16H,3,8-9H2,1H3,(H3-,26,27,28,30)/p+1. The largest absolute Gasteiger partial charge is 0.384 e. The average Bonchev–Trinajstić information content (AvgIpc) is 3.24. The monoisotopic (exact) mass is 397 g/mol. The predicted molar refractivity (Wildman–Crippen MR) is 120 cm³/mol. The Balaban J connectivity index is 1.55. The van der Waals surface area contributed by atoms with Gasteiger partial charge in [0.05, 0.1) is 0 Å². The number of amides is 1. The van der Waals surface area contributed by atoms with Gasteiger partial charge in [-0.1, -0.05) is 30.3 Å².